The van der Waals surface area contributed by atoms with E-state index >= 15 is 0 Å². The summed E-state index contributed by atoms with van der Waals surface area (Å²) in [6, 6.07) is 16.1. The fourth-order valence-corrected chi connectivity index (χ4v) is 3.94. The molecule has 0 bridgehead atoms. The Labute approximate surface area is 182 Å². The maximum absolute atomic E-state index is 5.42. The first-order valence-electron chi connectivity index (χ1n) is 8.84. The first-order valence-corrected chi connectivity index (χ1v) is 10.5. The van der Waals surface area contributed by atoms with Gasteiger partial charge in [0.25, 0.3) is 0 Å². The van der Waals surface area contributed by atoms with Crippen LogP contribution in [-0.4, -0.2) is 24.9 Å². The molecule has 0 amide bonds. The Morgan fingerprint density at radius 3 is 2.34 bits per heavy atom. The van der Waals surface area contributed by atoms with Gasteiger partial charge in [-0.25, -0.2) is 4.98 Å². The zero-order valence-electron chi connectivity index (χ0n) is 15.8. The second-order valence-corrected chi connectivity index (χ2v) is 8.16. The molecule has 0 radical (unpaired) electrons. The lowest BCUT2D eigenvalue weighted by molar-refractivity contribution is 1.03. The highest BCUT2D eigenvalue weighted by Crippen LogP contribution is 2.26. The molecule has 0 aliphatic carbocycles. The number of nitrogens with zero attached hydrogens (tertiary/aromatic N) is 3. The summed E-state index contributed by atoms with van der Waals surface area (Å²) >= 11 is 12.3. The van der Waals surface area contributed by atoms with E-state index in [9.17, 15) is 0 Å². The number of H-pyrrole nitrogens is 1. The number of thiocarbonyl (C=S) groups is 1. The van der Waals surface area contributed by atoms with Crippen molar-refractivity contribution in [3.05, 3.63) is 69.8 Å². The summed E-state index contributed by atoms with van der Waals surface area (Å²) in [5, 5.41) is 16.6. The van der Waals surface area contributed by atoms with Gasteiger partial charge in [0, 0.05) is 11.1 Å². The summed E-state index contributed by atoms with van der Waals surface area (Å²) in [5.41, 5.74) is 4.94. The highest BCUT2D eigenvalue weighted by molar-refractivity contribution is 7.80. The van der Waals surface area contributed by atoms with Crippen molar-refractivity contribution in [3.8, 4) is 17.2 Å². The lowest BCUT2D eigenvalue weighted by Crippen LogP contribution is -2.18. The van der Waals surface area contributed by atoms with Crippen LogP contribution in [-0.2, 0) is 0 Å². The maximum atomic E-state index is 5.42. The summed E-state index contributed by atoms with van der Waals surface area (Å²) in [6.07, 6.45) is 0. The van der Waals surface area contributed by atoms with E-state index in [-0.39, 0.29) is 0 Å². The zero-order valence-corrected chi connectivity index (χ0v) is 18.2. The van der Waals surface area contributed by atoms with Gasteiger partial charge in [-0.15, -0.1) is 11.3 Å². The molecular formula is C20H18N6S3. The van der Waals surface area contributed by atoms with Crippen LogP contribution >= 0.6 is 35.8 Å². The predicted molar refractivity (Wildman–Crippen MR) is 126 cm³/mol. The van der Waals surface area contributed by atoms with Crippen LogP contribution in [0.2, 0.25) is 0 Å². The predicted octanol–water partition coefficient (Wildman–Crippen LogP) is 5.48. The van der Waals surface area contributed by atoms with Crippen LogP contribution in [0.4, 0.5) is 10.8 Å². The van der Waals surface area contributed by atoms with Gasteiger partial charge >= 0.3 is 0 Å². The van der Waals surface area contributed by atoms with Crippen LogP contribution in [0.1, 0.15) is 11.1 Å². The molecule has 0 aliphatic rings. The van der Waals surface area contributed by atoms with Crippen molar-refractivity contribution in [1.29, 1.82) is 0 Å². The highest BCUT2D eigenvalue weighted by Gasteiger charge is 2.14. The summed E-state index contributed by atoms with van der Waals surface area (Å²) in [6.45, 7) is 4.09. The van der Waals surface area contributed by atoms with E-state index in [1.807, 2.05) is 72.3 Å². The van der Waals surface area contributed by atoms with E-state index in [4.69, 9.17) is 24.4 Å². The standard InChI is InChI=1S/C20H18N6S3/c1-12-3-7-14(8-4-12)21-18(27)23-19-22-16(11-29-19)17-24-25-20(28)26(17)15-9-5-13(2)6-10-15/h3-11H,1-2H3,(H,25,28)(H2,21,22,23,27). The number of hydrogen-bond donors (Lipinski definition) is 3. The van der Waals surface area contributed by atoms with Crippen LogP contribution in [0.25, 0.3) is 17.2 Å². The SMILES string of the molecule is Cc1ccc(NC(=S)Nc2nc(-c3n[nH]c(=S)n3-c3ccc(C)cc3)cs2)cc1. The average Bonchev–Trinajstić information content (AvgIpc) is 3.31. The fraction of sp³-hybridized carbons (Fsp3) is 0.100. The number of nitrogens with one attached hydrogen (secondary N) is 3. The number of aromatic amines is 1. The monoisotopic (exact) mass is 438 g/mol. The Kier molecular flexibility index (Phi) is 5.52. The minimum Gasteiger partial charge on any atom is -0.332 e. The molecule has 4 rings (SSSR count). The van der Waals surface area contributed by atoms with Crippen molar-refractivity contribution >= 4 is 51.7 Å². The van der Waals surface area contributed by atoms with E-state index in [0.29, 0.717) is 26.5 Å². The molecule has 0 aliphatic heterocycles. The van der Waals surface area contributed by atoms with Crippen LogP contribution in [0, 0.1) is 18.6 Å². The third-order valence-corrected chi connectivity index (χ3v) is 5.46. The molecule has 2 aromatic heterocycles. The number of hydrogen-bond acceptors (Lipinski definition) is 5. The van der Waals surface area contributed by atoms with Crippen LogP contribution in [0.3, 0.4) is 0 Å². The zero-order chi connectivity index (χ0) is 20.4. The van der Waals surface area contributed by atoms with Crippen LogP contribution in [0.15, 0.2) is 53.9 Å². The van der Waals surface area contributed by atoms with Gasteiger partial charge in [0.15, 0.2) is 20.8 Å². The van der Waals surface area contributed by atoms with Crippen molar-refractivity contribution in [2.45, 2.75) is 13.8 Å². The molecule has 0 saturated carbocycles. The molecule has 3 N–H and O–H groups in total. The second kappa shape index (κ2) is 8.24. The lowest BCUT2D eigenvalue weighted by Gasteiger charge is -2.08. The summed E-state index contributed by atoms with van der Waals surface area (Å²) in [5.74, 6) is 0.653. The topological polar surface area (TPSA) is 70.6 Å². The Balaban J connectivity index is 1.54. The van der Waals surface area contributed by atoms with Gasteiger partial charge in [0.1, 0.15) is 5.69 Å². The third kappa shape index (κ3) is 4.42. The third-order valence-electron chi connectivity index (χ3n) is 4.23. The van der Waals surface area contributed by atoms with Crippen molar-refractivity contribution in [1.82, 2.24) is 19.7 Å². The van der Waals surface area contributed by atoms with Gasteiger partial charge in [-0.05, 0) is 62.5 Å². The van der Waals surface area contributed by atoms with E-state index in [2.05, 4.69) is 25.8 Å². The first-order chi connectivity index (χ1) is 14.0. The quantitative estimate of drug-likeness (QED) is 0.367. The normalized spacial score (nSPS) is 10.7. The Bertz CT molecular complexity index is 1200. The Hall–Kier alpha value is -2.88. The molecule has 0 spiro atoms. The first kappa shape index (κ1) is 19.4. The van der Waals surface area contributed by atoms with E-state index < -0.39 is 0 Å². The van der Waals surface area contributed by atoms with E-state index in [1.54, 1.807) is 0 Å². The summed E-state index contributed by atoms with van der Waals surface area (Å²) in [4.78, 5) is 4.62. The lowest BCUT2D eigenvalue weighted by atomic mass is 10.2. The van der Waals surface area contributed by atoms with Gasteiger partial charge < -0.3 is 10.6 Å². The highest BCUT2D eigenvalue weighted by atomic mass is 32.1. The smallest absolute Gasteiger partial charge is 0.200 e. The Morgan fingerprint density at radius 1 is 1.00 bits per heavy atom. The van der Waals surface area contributed by atoms with E-state index in [1.165, 1.54) is 22.5 Å². The van der Waals surface area contributed by atoms with Gasteiger partial charge in [0.05, 0.1) is 5.69 Å². The molecule has 0 saturated heterocycles. The Morgan fingerprint density at radius 2 is 1.66 bits per heavy atom. The van der Waals surface area contributed by atoms with Crippen molar-refractivity contribution in [3.63, 3.8) is 0 Å². The number of aryl methyl sites for hydroxylation is 2. The molecule has 4 aromatic rings. The molecule has 9 heteroatoms. The fourth-order valence-electron chi connectivity index (χ4n) is 2.73. The number of benzene rings is 2. The molecule has 29 heavy (non-hydrogen) atoms. The van der Waals surface area contributed by atoms with Crippen LogP contribution in [0.5, 0.6) is 0 Å². The molecule has 0 atom stereocenters. The van der Waals surface area contributed by atoms with Crippen molar-refractivity contribution in [2.75, 3.05) is 10.6 Å². The van der Waals surface area contributed by atoms with Crippen LogP contribution < -0.4 is 10.6 Å². The molecule has 0 unspecified atom stereocenters. The van der Waals surface area contributed by atoms with E-state index in [0.717, 1.165) is 11.4 Å². The van der Waals surface area contributed by atoms with Gasteiger partial charge in [0.2, 0.25) is 0 Å². The molecule has 146 valence electrons. The van der Waals surface area contributed by atoms with Crippen molar-refractivity contribution in [2.24, 2.45) is 0 Å². The minimum absolute atomic E-state index is 0.479. The number of thiazole rings is 1. The average molecular weight is 439 g/mol. The largest absolute Gasteiger partial charge is 0.332 e. The number of rotatable bonds is 4. The molecule has 2 aromatic carbocycles. The van der Waals surface area contributed by atoms with Gasteiger partial charge in [-0.3, -0.25) is 9.67 Å². The van der Waals surface area contributed by atoms with Gasteiger partial charge in [-0.1, -0.05) is 35.4 Å². The number of anilines is 2. The van der Waals surface area contributed by atoms with Crippen molar-refractivity contribution < 1.29 is 0 Å². The molecular weight excluding hydrogens is 420 g/mol. The molecule has 6 nitrogen and oxygen atoms in total. The molecule has 0 fully saturated rings. The number of aromatic nitrogens is 4. The second-order valence-electron chi connectivity index (χ2n) is 6.51. The minimum atomic E-state index is 0.479. The summed E-state index contributed by atoms with van der Waals surface area (Å²) < 4.78 is 2.39. The maximum Gasteiger partial charge on any atom is 0.200 e. The molecule has 2 heterocycles. The summed E-state index contributed by atoms with van der Waals surface area (Å²) in [7, 11) is 0. The van der Waals surface area contributed by atoms with Gasteiger partial charge in [-0.2, -0.15) is 5.10 Å².